The quantitative estimate of drug-likeness (QED) is 0.468. The van der Waals surface area contributed by atoms with Crippen LogP contribution < -0.4 is 5.32 Å². The zero-order valence-corrected chi connectivity index (χ0v) is 13.3. The molecule has 0 saturated carbocycles. The second-order valence-electron chi connectivity index (χ2n) is 5.54. The van der Waals surface area contributed by atoms with E-state index < -0.39 is 0 Å². The molecule has 0 saturated heterocycles. The van der Waals surface area contributed by atoms with E-state index in [4.69, 9.17) is 5.26 Å². The van der Waals surface area contributed by atoms with Gasteiger partial charge < -0.3 is 5.32 Å². The van der Waals surface area contributed by atoms with E-state index in [0.29, 0.717) is 12.8 Å². The molecule has 20 heavy (non-hydrogen) atoms. The Morgan fingerprint density at radius 2 is 1.50 bits per heavy atom. The smallest absolute Gasteiger partial charge is 0.219 e. The number of hydrogen-bond acceptors (Lipinski definition) is 2. The van der Waals surface area contributed by atoms with Gasteiger partial charge in [-0.1, -0.05) is 58.3 Å². The normalized spacial score (nSPS) is 10.2. The van der Waals surface area contributed by atoms with Crippen molar-refractivity contribution in [3.8, 4) is 6.07 Å². The van der Waals surface area contributed by atoms with Gasteiger partial charge in [-0.15, -0.1) is 0 Å². The van der Waals surface area contributed by atoms with Gasteiger partial charge in [0.05, 0.1) is 6.07 Å². The maximum atomic E-state index is 11.5. The lowest BCUT2D eigenvalue weighted by Gasteiger charge is -2.04. The average molecular weight is 280 g/mol. The zero-order valence-electron chi connectivity index (χ0n) is 13.3. The van der Waals surface area contributed by atoms with E-state index in [1.54, 1.807) is 0 Å². The second-order valence-corrected chi connectivity index (χ2v) is 5.54. The van der Waals surface area contributed by atoms with Gasteiger partial charge in [0.2, 0.25) is 5.91 Å². The Hall–Kier alpha value is -1.04. The molecule has 1 amide bonds. The lowest BCUT2D eigenvalue weighted by Crippen LogP contribution is -2.23. The number of carbonyl (C=O) groups is 1. The maximum Gasteiger partial charge on any atom is 0.219 e. The third-order valence-electron chi connectivity index (χ3n) is 3.54. The van der Waals surface area contributed by atoms with Gasteiger partial charge in [0.1, 0.15) is 0 Å². The summed E-state index contributed by atoms with van der Waals surface area (Å²) in [7, 11) is 0. The molecule has 3 heteroatoms. The van der Waals surface area contributed by atoms with E-state index in [2.05, 4.69) is 18.3 Å². The van der Waals surface area contributed by atoms with Gasteiger partial charge in [0, 0.05) is 19.4 Å². The van der Waals surface area contributed by atoms with Crippen molar-refractivity contribution in [3.63, 3.8) is 0 Å². The van der Waals surface area contributed by atoms with Crippen LogP contribution in [0.15, 0.2) is 0 Å². The summed E-state index contributed by atoms with van der Waals surface area (Å²) < 4.78 is 0. The Morgan fingerprint density at radius 3 is 2.10 bits per heavy atom. The number of nitrogens with zero attached hydrogens (tertiary/aromatic N) is 1. The van der Waals surface area contributed by atoms with E-state index in [0.717, 1.165) is 25.8 Å². The topological polar surface area (TPSA) is 52.9 Å². The molecule has 0 aromatic carbocycles. The first-order valence-corrected chi connectivity index (χ1v) is 8.45. The summed E-state index contributed by atoms with van der Waals surface area (Å²) in [5.74, 6) is 0.171. The maximum absolute atomic E-state index is 11.5. The van der Waals surface area contributed by atoms with E-state index in [9.17, 15) is 4.79 Å². The van der Waals surface area contributed by atoms with Crippen LogP contribution >= 0.6 is 0 Å². The largest absolute Gasteiger partial charge is 0.356 e. The minimum Gasteiger partial charge on any atom is -0.356 e. The van der Waals surface area contributed by atoms with Crippen LogP contribution in [0.4, 0.5) is 0 Å². The number of rotatable bonds is 14. The van der Waals surface area contributed by atoms with Gasteiger partial charge in [-0.3, -0.25) is 4.79 Å². The van der Waals surface area contributed by atoms with E-state index in [1.165, 1.54) is 51.4 Å². The minimum atomic E-state index is 0.171. The molecule has 0 radical (unpaired) electrons. The minimum absolute atomic E-state index is 0.171. The molecule has 0 heterocycles. The fraction of sp³-hybridized carbons (Fsp3) is 0.882. The molecule has 0 aliphatic rings. The van der Waals surface area contributed by atoms with Crippen LogP contribution in [0, 0.1) is 11.3 Å². The number of nitriles is 1. The van der Waals surface area contributed by atoms with Gasteiger partial charge in [0.25, 0.3) is 0 Å². The van der Waals surface area contributed by atoms with Crippen LogP contribution in [-0.2, 0) is 4.79 Å². The molecule has 116 valence electrons. The number of nitrogens with one attached hydrogen (secondary N) is 1. The molecule has 0 rings (SSSR count). The first-order valence-electron chi connectivity index (χ1n) is 8.45. The predicted molar refractivity (Wildman–Crippen MR) is 84.3 cm³/mol. The first kappa shape index (κ1) is 19.0. The third-order valence-corrected chi connectivity index (χ3v) is 3.54. The van der Waals surface area contributed by atoms with Crippen LogP contribution in [0.1, 0.15) is 90.4 Å². The zero-order chi connectivity index (χ0) is 14.9. The highest BCUT2D eigenvalue weighted by Crippen LogP contribution is 2.10. The van der Waals surface area contributed by atoms with Crippen molar-refractivity contribution < 1.29 is 4.79 Å². The van der Waals surface area contributed by atoms with E-state index in [1.807, 2.05) is 0 Å². The van der Waals surface area contributed by atoms with E-state index >= 15 is 0 Å². The van der Waals surface area contributed by atoms with Crippen LogP contribution in [0.25, 0.3) is 0 Å². The molecule has 0 bridgehead atoms. The Morgan fingerprint density at radius 1 is 0.900 bits per heavy atom. The Kier molecular flexibility index (Phi) is 15.2. The van der Waals surface area contributed by atoms with Crippen LogP contribution in [0.3, 0.4) is 0 Å². The van der Waals surface area contributed by atoms with Gasteiger partial charge in [-0.2, -0.15) is 5.26 Å². The standard InChI is InChI=1S/C17H32N2O/c1-2-3-4-5-6-7-8-9-11-14-17(20)19-16-13-10-12-15-18/h2-14,16H2,1H3,(H,19,20). The first-order chi connectivity index (χ1) is 9.81. The van der Waals surface area contributed by atoms with Crippen LogP contribution in [0.2, 0.25) is 0 Å². The molecule has 0 aliphatic carbocycles. The summed E-state index contributed by atoms with van der Waals surface area (Å²) in [6.45, 7) is 2.96. The molecule has 0 aromatic rings. The highest BCUT2D eigenvalue weighted by Gasteiger charge is 2.00. The van der Waals surface area contributed by atoms with Crippen molar-refractivity contribution >= 4 is 5.91 Å². The molecule has 0 aliphatic heterocycles. The van der Waals surface area contributed by atoms with Crippen molar-refractivity contribution in [2.75, 3.05) is 6.54 Å². The molecule has 0 fully saturated rings. The van der Waals surface area contributed by atoms with Crippen LogP contribution in [0.5, 0.6) is 0 Å². The lowest BCUT2D eigenvalue weighted by molar-refractivity contribution is -0.121. The van der Waals surface area contributed by atoms with Crippen molar-refractivity contribution in [3.05, 3.63) is 0 Å². The van der Waals surface area contributed by atoms with E-state index in [-0.39, 0.29) is 5.91 Å². The van der Waals surface area contributed by atoms with Crippen LogP contribution in [-0.4, -0.2) is 12.5 Å². The molecule has 0 unspecified atom stereocenters. The summed E-state index contributed by atoms with van der Waals surface area (Å²) in [5, 5.41) is 11.3. The predicted octanol–water partition coefficient (Wildman–Crippen LogP) is 4.72. The fourth-order valence-corrected chi connectivity index (χ4v) is 2.24. The summed E-state index contributed by atoms with van der Waals surface area (Å²) >= 11 is 0. The molecule has 0 aromatic heterocycles. The molecule has 3 nitrogen and oxygen atoms in total. The Balaban J connectivity index is 3.13. The monoisotopic (exact) mass is 280 g/mol. The van der Waals surface area contributed by atoms with Crippen molar-refractivity contribution in [2.24, 2.45) is 0 Å². The SMILES string of the molecule is CCCCCCCCCCCC(=O)NCCCCC#N. The van der Waals surface area contributed by atoms with Crippen molar-refractivity contribution in [1.29, 1.82) is 5.26 Å². The molecular weight excluding hydrogens is 248 g/mol. The molecule has 0 atom stereocenters. The highest BCUT2D eigenvalue weighted by molar-refractivity contribution is 5.75. The second kappa shape index (κ2) is 16.0. The molecular formula is C17H32N2O. The number of unbranched alkanes of at least 4 members (excludes halogenated alkanes) is 10. The summed E-state index contributed by atoms with van der Waals surface area (Å²) in [6.07, 6.45) is 14.6. The Bertz CT molecular complexity index is 258. The van der Waals surface area contributed by atoms with Gasteiger partial charge in [0.15, 0.2) is 0 Å². The Labute approximate surface area is 125 Å². The fourth-order valence-electron chi connectivity index (χ4n) is 2.24. The van der Waals surface area contributed by atoms with Gasteiger partial charge in [-0.25, -0.2) is 0 Å². The third kappa shape index (κ3) is 15.0. The lowest BCUT2D eigenvalue weighted by atomic mass is 10.1. The number of hydrogen-bond donors (Lipinski definition) is 1. The van der Waals surface area contributed by atoms with Gasteiger partial charge in [-0.05, 0) is 19.3 Å². The van der Waals surface area contributed by atoms with Crippen molar-refractivity contribution in [2.45, 2.75) is 90.4 Å². The highest BCUT2D eigenvalue weighted by atomic mass is 16.1. The van der Waals surface area contributed by atoms with Crippen molar-refractivity contribution in [1.82, 2.24) is 5.32 Å². The average Bonchev–Trinajstić information content (AvgIpc) is 2.45. The number of amides is 1. The molecule has 1 N–H and O–H groups in total. The summed E-state index contributed by atoms with van der Waals surface area (Å²) in [4.78, 5) is 11.5. The summed E-state index contributed by atoms with van der Waals surface area (Å²) in [6, 6.07) is 2.11. The van der Waals surface area contributed by atoms with Gasteiger partial charge >= 0.3 is 0 Å². The number of carbonyl (C=O) groups excluding carboxylic acids is 1. The summed E-state index contributed by atoms with van der Waals surface area (Å²) in [5.41, 5.74) is 0. The molecule has 0 spiro atoms.